The third-order valence-electron chi connectivity index (χ3n) is 5.24. The van der Waals surface area contributed by atoms with Crippen LogP contribution in [0.25, 0.3) is 0 Å². The molecular weight excluding hydrogens is 242 g/mol. The summed E-state index contributed by atoms with van der Waals surface area (Å²) in [5.41, 5.74) is -0.396. The molecule has 0 aromatic rings. The molecule has 1 N–H and O–H groups in total. The number of aliphatic carboxylic acids is 1. The first-order valence-electron chi connectivity index (χ1n) is 7.21. The van der Waals surface area contributed by atoms with Gasteiger partial charge in [0.15, 0.2) is 0 Å². The molecule has 4 nitrogen and oxygen atoms in total. The van der Waals surface area contributed by atoms with Crippen LogP contribution in [-0.4, -0.2) is 34.5 Å². The lowest BCUT2D eigenvalue weighted by molar-refractivity contribution is -0.144. The number of hydrogen-bond donors (Lipinski definition) is 1. The molecule has 4 heteroatoms. The minimum absolute atomic E-state index is 0.0447. The first-order valence-corrected chi connectivity index (χ1v) is 7.21. The summed E-state index contributed by atoms with van der Waals surface area (Å²) in [6, 6.07) is 0.217. The van der Waals surface area contributed by atoms with Gasteiger partial charge < -0.3 is 10.0 Å². The van der Waals surface area contributed by atoms with Gasteiger partial charge in [0.2, 0.25) is 5.91 Å². The van der Waals surface area contributed by atoms with Gasteiger partial charge in [-0.2, -0.15) is 0 Å². The van der Waals surface area contributed by atoms with E-state index in [9.17, 15) is 14.7 Å². The molecule has 5 unspecified atom stereocenters. The summed E-state index contributed by atoms with van der Waals surface area (Å²) >= 11 is 0. The number of carbonyl (C=O) groups excluding carboxylic acids is 1. The van der Waals surface area contributed by atoms with E-state index in [-0.39, 0.29) is 17.9 Å². The third-order valence-corrected chi connectivity index (χ3v) is 5.24. The summed E-state index contributed by atoms with van der Waals surface area (Å²) in [4.78, 5) is 25.8. The van der Waals surface area contributed by atoms with E-state index >= 15 is 0 Å². The minimum Gasteiger partial charge on any atom is -0.481 e. The molecule has 2 aliphatic rings. The number of nitrogens with zero attached hydrogens (tertiary/aromatic N) is 1. The largest absolute Gasteiger partial charge is 0.481 e. The second-order valence-electron chi connectivity index (χ2n) is 7.16. The standard InChI is InChI=1S/C15H25NO3/c1-8-6-9(2)10(3)16(7-8)13(17)11-12(14(18)19)15(11,4)5/h8-12H,6-7H2,1-5H3,(H,18,19). The zero-order chi connectivity index (χ0) is 14.5. The fraction of sp³-hybridized carbons (Fsp3) is 0.867. The van der Waals surface area contributed by atoms with E-state index in [0.29, 0.717) is 11.8 Å². The van der Waals surface area contributed by atoms with Crippen molar-refractivity contribution in [3.63, 3.8) is 0 Å². The van der Waals surface area contributed by atoms with Gasteiger partial charge in [-0.25, -0.2) is 0 Å². The number of carboxylic acid groups (broad SMARTS) is 1. The van der Waals surface area contributed by atoms with Crippen LogP contribution in [0.5, 0.6) is 0 Å². The van der Waals surface area contributed by atoms with Crippen molar-refractivity contribution in [1.29, 1.82) is 0 Å². The van der Waals surface area contributed by atoms with Crippen molar-refractivity contribution in [1.82, 2.24) is 4.90 Å². The lowest BCUT2D eigenvalue weighted by atomic mass is 9.85. The molecule has 1 saturated heterocycles. The first kappa shape index (κ1) is 14.4. The van der Waals surface area contributed by atoms with E-state index in [4.69, 9.17) is 0 Å². The Kier molecular flexibility index (Phi) is 3.40. The molecule has 1 saturated carbocycles. The summed E-state index contributed by atoms with van der Waals surface area (Å²) < 4.78 is 0. The molecule has 2 rings (SSSR count). The molecule has 5 atom stereocenters. The SMILES string of the molecule is CC1CC(C)C(C)N(C(=O)C2C(C(=O)O)C2(C)C)C1. The van der Waals surface area contributed by atoms with Gasteiger partial charge in [-0.1, -0.05) is 27.7 Å². The van der Waals surface area contributed by atoms with Crippen LogP contribution >= 0.6 is 0 Å². The average Bonchev–Trinajstić information content (AvgIpc) is 2.86. The average molecular weight is 267 g/mol. The minimum atomic E-state index is -0.839. The Morgan fingerprint density at radius 1 is 1.16 bits per heavy atom. The predicted octanol–water partition coefficient (Wildman–Crippen LogP) is 2.24. The van der Waals surface area contributed by atoms with Crippen molar-refractivity contribution in [3.05, 3.63) is 0 Å². The smallest absolute Gasteiger partial charge is 0.307 e. The molecule has 19 heavy (non-hydrogen) atoms. The number of rotatable bonds is 2. The summed E-state index contributed by atoms with van der Waals surface area (Å²) in [7, 11) is 0. The number of carboxylic acids is 1. The Morgan fingerprint density at radius 2 is 1.74 bits per heavy atom. The summed E-state index contributed by atoms with van der Waals surface area (Å²) in [6.45, 7) is 11.0. The van der Waals surface area contributed by atoms with E-state index in [0.717, 1.165) is 13.0 Å². The van der Waals surface area contributed by atoms with Gasteiger partial charge in [0.05, 0.1) is 11.8 Å². The van der Waals surface area contributed by atoms with Crippen molar-refractivity contribution in [2.75, 3.05) is 6.54 Å². The van der Waals surface area contributed by atoms with E-state index < -0.39 is 17.3 Å². The van der Waals surface area contributed by atoms with E-state index in [2.05, 4.69) is 20.8 Å². The van der Waals surface area contributed by atoms with Gasteiger partial charge in [0, 0.05) is 12.6 Å². The highest BCUT2D eigenvalue weighted by Gasteiger charge is 2.67. The topological polar surface area (TPSA) is 57.6 Å². The maximum atomic E-state index is 12.7. The molecule has 2 fully saturated rings. The van der Waals surface area contributed by atoms with E-state index in [1.165, 1.54) is 0 Å². The highest BCUT2D eigenvalue weighted by molar-refractivity contribution is 5.91. The third kappa shape index (κ3) is 2.26. The van der Waals surface area contributed by atoms with Crippen LogP contribution in [0.3, 0.4) is 0 Å². The lowest BCUT2D eigenvalue weighted by Crippen LogP contribution is -2.50. The van der Waals surface area contributed by atoms with Gasteiger partial charge >= 0.3 is 5.97 Å². The van der Waals surface area contributed by atoms with Crippen molar-refractivity contribution < 1.29 is 14.7 Å². The number of piperidine rings is 1. The normalized spacial score (nSPS) is 40.9. The number of hydrogen-bond acceptors (Lipinski definition) is 2. The molecule has 0 spiro atoms. The van der Waals surface area contributed by atoms with Crippen LogP contribution in [0.15, 0.2) is 0 Å². The van der Waals surface area contributed by atoms with Crippen LogP contribution in [0, 0.1) is 29.1 Å². The summed E-state index contributed by atoms with van der Waals surface area (Å²) in [5.74, 6) is -0.666. The van der Waals surface area contributed by atoms with Crippen LogP contribution in [0.2, 0.25) is 0 Å². The highest BCUT2D eigenvalue weighted by atomic mass is 16.4. The number of likely N-dealkylation sites (tertiary alicyclic amines) is 1. The quantitative estimate of drug-likeness (QED) is 0.834. The molecular formula is C15H25NO3. The maximum Gasteiger partial charge on any atom is 0.307 e. The summed E-state index contributed by atoms with van der Waals surface area (Å²) in [6.07, 6.45) is 1.14. The monoisotopic (exact) mass is 267 g/mol. The molecule has 1 heterocycles. The van der Waals surface area contributed by atoms with Crippen LogP contribution in [0.4, 0.5) is 0 Å². The van der Waals surface area contributed by atoms with Crippen molar-refractivity contribution in [3.8, 4) is 0 Å². The van der Waals surface area contributed by atoms with Crippen LogP contribution in [-0.2, 0) is 9.59 Å². The molecule has 0 aromatic carbocycles. The second-order valence-corrected chi connectivity index (χ2v) is 7.16. The predicted molar refractivity (Wildman–Crippen MR) is 72.5 cm³/mol. The van der Waals surface area contributed by atoms with Gasteiger partial charge in [-0.15, -0.1) is 0 Å². The van der Waals surface area contributed by atoms with E-state index in [1.807, 2.05) is 18.7 Å². The fourth-order valence-electron chi connectivity index (χ4n) is 3.74. The molecule has 1 aliphatic heterocycles. The fourth-order valence-corrected chi connectivity index (χ4v) is 3.74. The van der Waals surface area contributed by atoms with Crippen molar-refractivity contribution in [2.24, 2.45) is 29.1 Å². The molecule has 108 valence electrons. The van der Waals surface area contributed by atoms with Gasteiger partial charge in [0.25, 0.3) is 0 Å². The number of amides is 1. The van der Waals surface area contributed by atoms with Gasteiger partial charge in [0.1, 0.15) is 0 Å². The van der Waals surface area contributed by atoms with Gasteiger partial charge in [-0.3, -0.25) is 9.59 Å². The number of carbonyl (C=O) groups is 2. The Hall–Kier alpha value is -1.06. The van der Waals surface area contributed by atoms with Crippen molar-refractivity contribution >= 4 is 11.9 Å². The molecule has 0 aromatic heterocycles. The van der Waals surface area contributed by atoms with Crippen molar-refractivity contribution in [2.45, 2.75) is 47.1 Å². The lowest BCUT2D eigenvalue weighted by Gasteiger charge is -2.41. The zero-order valence-electron chi connectivity index (χ0n) is 12.5. The zero-order valence-corrected chi connectivity index (χ0v) is 12.5. The molecule has 0 bridgehead atoms. The molecule has 1 aliphatic carbocycles. The van der Waals surface area contributed by atoms with Gasteiger partial charge in [-0.05, 0) is 30.6 Å². The Balaban J connectivity index is 2.14. The maximum absolute atomic E-state index is 12.7. The highest BCUT2D eigenvalue weighted by Crippen LogP contribution is 2.59. The molecule has 0 radical (unpaired) electrons. The Bertz CT molecular complexity index is 404. The first-order chi connectivity index (χ1) is 8.67. The Morgan fingerprint density at radius 3 is 2.21 bits per heavy atom. The van der Waals surface area contributed by atoms with Crippen LogP contribution in [0.1, 0.15) is 41.0 Å². The second kappa shape index (κ2) is 4.50. The summed E-state index contributed by atoms with van der Waals surface area (Å²) in [5, 5.41) is 9.21. The van der Waals surface area contributed by atoms with E-state index in [1.54, 1.807) is 0 Å². The molecule has 1 amide bonds. The van der Waals surface area contributed by atoms with Crippen LogP contribution < -0.4 is 0 Å². The Labute approximate surface area is 115 Å².